The van der Waals surface area contributed by atoms with Crippen molar-refractivity contribution in [3.05, 3.63) is 35.6 Å². The normalized spacial score (nSPS) is 19.7. The molecule has 0 atom stereocenters. The molecule has 0 aromatic carbocycles. The van der Waals surface area contributed by atoms with Crippen LogP contribution in [0, 0.1) is 0 Å². The van der Waals surface area contributed by atoms with Crippen LogP contribution in [-0.2, 0) is 0 Å². The number of alkyl halides is 3. The van der Waals surface area contributed by atoms with E-state index in [0.717, 1.165) is 6.08 Å². The summed E-state index contributed by atoms with van der Waals surface area (Å²) in [7, 11) is 0. The second-order valence-corrected chi connectivity index (χ2v) is 4.03. The minimum Gasteiger partial charge on any atom is -0.369 e. The van der Waals surface area contributed by atoms with Crippen LogP contribution in [0.2, 0.25) is 0 Å². The van der Waals surface area contributed by atoms with E-state index in [1.807, 2.05) is 0 Å². The van der Waals surface area contributed by atoms with Gasteiger partial charge in [0, 0.05) is 31.9 Å². The van der Waals surface area contributed by atoms with Crippen LogP contribution in [0.15, 0.2) is 35.6 Å². The molecule has 1 saturated heterocycles. The maximum absolute atomic E-state index is 13.1. The number of rotatable bonds is 3. The van der Waals surface area contributed by atoms with Gasteiger partial charge in [0.1, 0.15) is 0 Å². The van der Waals surface area contributed by atoms with Crippen molar-refractivity contribution < 1.29 is 13.2 Å². The molecule has 0 bridgehead atoms. The molecule has 1 heterocycles. The van der Waals surface area contributed by atoms with E-state index >= 15 is 0 Å². The van der Waals surface area contributed by atoms with Crippen molar-refractivity contribution in [3.63, 3.8) is 0 Å². The lowest BCUT2D eigenvalue weighted by molar-refractivity contribution is -0.0900. The Hall–Kier alpha value is -1.23. The molecule has 102 valence electrons. The molecule has 18 heavy (non-hydrogen) atoms. The van der Waals surface area contributed by atoms with Crippen molar-refractivity contribution in [3.8, 4) is 0 Å². The summed E-state index contributed by atoms with van der Waals surface area (Å²) in [6, 6.07) is 0. The van der Waals surface area contributed by atoms with Gasteiger partial charge in [-0.1, -0.05) is 18.2 Å². The number of hydrogen-bond donors (Lipinski definition) is 1. The predicted octanol–water partition coefficient (Wildman–Crippen LogP) is 2.86. The zero-order valence-electron chi connectivity index (χ0n) is 10.7. The molecule has 5 heteroatoms. The van der Waals surface area contributed by atoms with E-state index in [-0.39, 0.29) is 5.70 Å². The van der Waals surface area contributed by atoms with Crippen LogP contribution < -0.4 is 5.32 Å². The largest absolute Gasteiger partial charge is 0.418 e. The van der Waals surface area contributed by atoms with Gasteiger partial charge in [-0.3, -0.25) is 0 Å². The predicted molar refractivity (Wildman–Crippen MR) is 67.2 cm³/mol. The molecule has 0 unspecified atom stereocenters. The zero-order chi connectivity index (χ0) is 13.6. The number of halogens is 3. The molecular weight excluding hydrogens is 241 g/mol. The van der Waals surface area contributed by atoms with Crippen molar-refractivity contribution in [1.82, 2.24) is 10.2 Å². The van der Waals surface area contributed by atoms with Gasteiger partial charge in [0.2, 0.25) is 0 Å². The van der Waals surface area contributed by atoms with Gasteiger partial charge in [-0.15, -0.1) is 0 Å². The smallest absolute Gasteiger partial charge is 0.369 e. The van der Waals surface area contributed by atoms with E-state index in [9.17, 15) is 13.2 Å². The van der Waals surface area contributed by atoms with Gasteiger partial charge in [0.05, 0.1) is 5.57 Å². The van der Waals surface area contributed by atoms with E-state index in [2.05, 4.69) is 5.32 Å². The summed E-state index contributed by atoms with van der Waals surface area (Å²) in [5.74, 6) is 0. The van der Waals surface area contributed by atoms with Gasteiger partial charge in [-0.05, 0) is 19.9 Å². The average Bonchev–Trinajstić information content (AvgIpc) is 2.33. The summed E-state index contributed by atoms with van der Waals surface area (Å²) in [6.45, 7) is 5.93. The lowest BCUT2D eigenvalue weighted by Crippen LogP contribution is -2.43. The summed E-state index contributed by atoms with van der Waals surface area (Å²) in [5, 5.41) is 3.13. The molecule has 0 saturated carbocycles. The van der Waals surface area contributed by atoms with Crippen LogP contribution in [0.4, 0.5) is 13.2 Å². The number of allylic oxidation sites excluding steroid dienone is 5. The molecule has 2 nitrogen and oxygen atoms in total. The Labute approximate surface area is 106 Å². The fraction of sp³-hybridized carbons (Fsp3) is 0.538. The van der Waals surface area contributed by atoms with Crippen LogP contribution in [-0.4, -0.2) is 37.3 Å². The van der Waals surface area contributed by atoms with Crippen molar-refractivity contribution in [2.75, 3.05) is 26.2 Å². The fourth-order valence-corrected chi connectivity index (χ4v) is 1.92. The van der Waals surface area contributed by atoms with E-state index in [1.54, 1.807) is 24.8 Å². The van der Waals surface area contributed by atoms with Crippen molar-refractivity contribution in [1.29, 1.82) is 0 Å². The minimum absolute atomic E-state index is 0.254. The molecule has 0 aromatic rings. The third-order valence-corrected chi connectivity index (χ3v) is 2.70. The number of hydrogen-bond acceptors (Lipinski definition) is 2. The van der Waals surface area contributed by atoms with Crippen LogP contribution in [0.3, 0.4) is 0 Å². The molecule has 1 fully saturated rings. The van der Waals surface area contributed by atoms with Crippen molar-refractivity contribution in [2.24, 2.45) is 0 Å². The fourth-order valence-electron chi connectivity index (χ4n) is 1.92. The van der Waals surface area contributed by atoms with Gasteiger partial charge in [0.25, 0.3) is 0 Å². The van der Waals surface area contributed by atoms with Gasteiger partial charge in [-0.2, -0.15) is 13.2 Å². The quantitative estimate of drug-likeness (QED) is 0.785. The van der Waals surface area contributed by atoms with Gasteiger partial charge < -0.3 is 10.2 Å². The Morgan fingerprint density at radius 2 is 1.61 bits per heavy atom. The van der Waals surface area contributed by atoms with Gasteiger partial charge in [0.15, 0.2) is 0 Å². The third kappa shape index (κ3) is 3.91. The van der Waals surface area contributed by atoms with E-state index in [1.165, 1.54) is 12.2 Å². The second-order valence-electron chi connectivity index (χ2n) is 4.03. The minimum atomic E-state index is -4.33. The Balaban J connectivity index is 3.18. The molecular formula is C13H19F3N2. The van der Waals surface area contributed by atoms with Crippen molar-refractivity contribution >= 4 is 0 Å². The highest BCUT2D eigenvalue weighted by atomic mass is 19.4. The number of nitrogens with one attached hydrogen (secondary N) is 1. The molecule has 1 aliphatic heterocycles. The molecule has 0 aromatic heterocycles. The lowest BCUT2D eigenvalue weighted by atomic mass is 10.1. The van der Waals surface area contributed by atoms with Gasteiger partial charge >= 0.3 is 6.18 Å². The molecule has 0 spiro atoms. The van der Waals surface area contributed by atoms with Crippen LogP contribution in [0.5, 0.6) is 0 Å². The summed E-state index contributed by atoms with van der Waals surface area (Å²) < 4.78 is 39.2. The van der Waals surface area contributed by atoms with Crippen molar-refractivity contribution in [2.45, 2.75) is 20.0 Å². The maximum Gasteiger partial charge on any atom is 0.418 e. The SMILES string of the molecule is C\C=C/C(=C(\C=C/C)C(F)(F)F)N1CCNCC1. The Morgan fingerprint density at radius 3 is 2.06 bits per heavy atom. The first-order chi connectivity index (χ1) is 8.50. The summed E-state index contributed by atoms with van der Waals surface area (Å²) in [5.41, 5.74) is -0.324. The zero-order valence-corrected chi connectivity index (χ0v) is 10.7. The van der Waals surface area contributed by atoms with E-state index < -0.39 is 11.7 Å². The molecule has 1 N–H and O–H groups in total. The number of nitrogens with zero attached hydrogens (tertiary/aromatic N) is 1. The Kier molecular flexibility index (Phi) is 5.47. The first-order valence-corrected chi connectivity index (χ1v) is 6.03. The lowest BCUT2D eigenvalue weighted by Gasteiger charge is -2.32. The van der Waals surface area contributed by atoms with E-state index in [0.29, 0.717) is 26.2 Å². The third-order valence-electron chi connectivity index (χ3n) is 2.70. The van der Waals surface area contributed by atoms with Crippen LogP contribution in [0.25, 0.3) is 0 Å². The maximum atomic E-state index is 13.1. The first kappa shape index (κ1) is 14.8. The standard InChI is InChI=1S/C13H19F3N2/c1-3-5-11(13(14,15)16)12(6-4-2)18-9-7-17-8-10-18/h3-6,17H,7-10H2,1-2H3/b5-3-,6-4-,12-11-. The highest BCUT2D eigenvalue weighted by Gasteiger charge is 2.35. The topological polar surface area (TPSA) is 15.3 Å². The molecule has 0 radical (unpaired) electrons. The highest BCUT2D eigenvalue weighted by molar-refractivity contribution is 5.36. The first-order valence-electron chi connectivity index (χ1n) is 6.03. The average molecular weight is 260 g/mol. The van der Waals surface area contributed by atoms with Crippen LogP contribution in [0.1, 0.15) is 13.8 Å². The second kappa shape index (κ2) is 6.64. The molecule has 1 aliphatic rings. The Bertz CT molecular complexity index is 348. The monoisotopic (exact) mass is 260 g/mol. The Morgan fingerprint density at radius 1 is 1.06 bits per heavy atom. The number of piperazine rings is 1. The van der Waals surface area contributed by atoms with Gasteiger partial charge in [-0.25, -0.2) is 0 Å². The van der Waals surface area contributed by atoms with Crippen LogP contribution >= 0.6 is 0 Å². The van der Waals surface area contributed by atoms with E-state index in [4.69, 9.17) is 0 Å². The summed E-state index contributed by atoms with van der Waals surface area (Å²) in [4.78, 5) is 1.78. The summed E-state index contributed by atoms with van der Waals surface area (Å²) in [6.07, 6.45) is 1.42. The summed E-state index contributed by atoms with van der Waals surface area (Å²) >= 11 is 0. The molecule has 0 aliphatic carbocycles. The molecule has 1 rings (SSSR count). The highest BCUT2D eigenvalue weighted by Crippen LogP contribution is 2.31. The molecule has 0 amide bonds.